The Balaban J connectivity index is 2.35. The highest BCUT2D eigenvalue weighted by Crippen LogP contribution is 2.01. The van der Waals surface area contributed by atoms with Crippen molar-refractivity contribution in [3.8, 4) is 5.95 Å². The molecule has 0 bridgehead atoms. The highest BCUT2D eigenvalue weighted by atomic mass is 16.4. The van der Waals surface area contributed by atoms with Gasteiger partial charge in [0.2, 0.25) is 5.95 Å². The molecule has 0 radical (unpaired) electrons. The van der Waals surface area contributed by atoms with E-state index < -0.39 is 5.97 Å². The van der Waals surface area contributed by atoms with E-state index in [1.807, 2.05) is 0 Å². The van der Waals surface area contributed by atoms with E-state index in [1.165, 1.54) is 30.7 Å². The maximum absolute atomic E-state index is 10.9. The van der Waals surface area contributed by atoms with Crippen LogP contribution in [-0.2, 0) is 11.2 Å². The molecule has 0 saturated heterocycles. The molecule has 1 N–H and O–H groups in total. The van der Waals surface area contributed by atoms with Gasteiger partial charge in [-0.25, -0.2) is 9.97 Å². The fraction of sp³-hybridized carbons (Fsp3) is 0.0909. The zero-order valence-electron chi connectivity index (χ0n) is 8.78. The minimum Gasteiger partial charge on any atom is -0.481 e. The van der Waals surface area contributed by atoms with Crippen molar-refractivity contribution in [3.63, 3.8) is 0 Å². The van der Waals surface area contributed by atoms with E-state index in [4.69, 9.17) is 5.11 Å². The standard InChI is InChI=1S/C11H9N3O3/c15-9-2-5-14(6-3-9)11-12-4-1-8(13-11)7-10(16)17/h1-6H,7H2,(H,16,17). The van der Waals surface area contributed by atoms with E-state index in [2.05, 4.69) is 9.97 Å². The number of carboxylic acids is 1. The Morgan fingerprint density at radius 3 is 2.65 bits per heavy atom. The smallest absolute Gasteiger partial charge is 0.309 e. The third-order valence-corrected chi connectivity index (χ3v) is 2.06. The molecule has 0 unspecified atom stereocenters. The van der Waals surface area contributed by atoms with Crippen molar-refractivity contribution in [2.75, 3.05) is 0 Å². The van der Waals surface area contributed by atoms with Crippen LogP contribution < -0.4 is 5.43 Å². The minimum atomic E-state index is -0.949. The lowest BCUT2D eigenvalue weighted by molar-refractivity contribution is -0.136. The average molecular weight is 231 g/mol. The lowest BCUT2D eigenvalue weighted by atomic mass is 10.3. The van der Waals surface area contributed by atoms with Gasteiger partial charge >= 0.3 is 5.97 Å². The number of aromatic nitrogens is 3. The second kappa shape index (κ2) is 4.56. The molecule has 6 nitrogen and oxygen atoms in total. The van der Waals surface area contributed by atoms with E-state index in [0.717, 1.165) is 0 Å². The van der Waals surface area contributed by atoms with Crippen molar-refractivity contribution >= 4 is 5.97 Å². The Bertz CT molecular complexity index is 586. The largest absolute Gasteiger partial charge is 0.481 e. The molecule has 0 aromatic carbocycles. The lowest BCUT2D eigenvalue weighted by Gasteiger charge is -2.04. The molecule has 0 aliphatic heterocycles. The SMILES string of the molecule is O=C(O)Cc1ccnc(-n2ccc(=O)cc2)n1. The van der Waals surface area contributed by atoms with Crippen LogP contribution in [0.5, 0.6) is 0 Å². The Morgan fingerprint density at radius 1 is 1.29 bits per heavy atom. The van der Waals surface area contributed by atoms with Gasteiger partial charge < -0.3 is 5.11 Å². The summed E-state index contributed by atoms with van der Waals surface area (Å²) in [5.41, 5.74) is 0.309. The molecule has 0 amide bonds. The van der Waals surface area contributed by atoms with Crippen LogP contribution in [0, 0.1) is 0 Å². The van der Waals surface area contributed by atoms with Crippen LogP contribution in [-0.4, -0.2) is 25.6 Å². The molecule has 0 atom stereocenters. The zero-order chi connectivity index (χ0) is 12.3. The van der Waals surface area contributed by atoms with E-state index in [1.54, 1.807) is 10.6 Å². The summed E-state index contributed by atoms with van der Waals surface area (Å²) in [5.74, 6) is -0.613. The van der Waals surface area contributed by atoms with E-state index in [9.17, 15) is 9.59 Å². The van der Waals surface area contributed by atoms with Gasteiger partial charge in [0.05, 0.1) is 12.1 Å². The van der Waals surface area contributed by atoms with Crippen molar-refractivity contribution < 1.29 is 9.90 Å². The van der Waals surface area contributed by atoms with Gasteiger partial charge in [-0.05, 0) is 6.07 Å². The van der Waals surface area contributed by atoms with Gasteiger partial charge in [0.1, 0.15) is 0 Å². The third-order valence-electron chi connectivity index (χ3n) is 2.06. The quantitative estimate of drug-likeness (QED) is 0.818. The van der Waals surface area contributed by atoms with Gasteiger partial charge in [0, 0.05) is 30.7 Å². The zero-order valence-corrected chi connectivity index (χ0v) is 8.78. The summed E-state index contributed by atoms with van der Waals surface area (Å²) in [5, 5.41) is 8.66. The second-order valence-electron chi connectivity index (χ2n) is 3.36. The molecule has 0 saturated carbocycles. The van der Waals surface area contributed by atoms with E-state index >= 15 is 0 Å². The maximum Gasteiger partial charge on any atom is 0.309 e. The molecular formula is C11H9N3O3. The number of rotatable bonds is 3. The summed E-state index contributed by atoms with van der Waals surface area (Å²) in [6.45, 7) is 0. The van der Waals surface area contributed by atoms with Gasteiger partial charge in [0.25, 0.3) is 0 Å². The number of aliphatic carboxylic acids is 1. The monoisotopic (exact) mass is 231 g/mol. The highest BCUT2D eigenvalue weighted by molar-refractivity contribution is 5.69. The van der Waals surface area contributed by atoms with E-state index in [-0.39, 0.29) is 11.8 Å². The summed E-state index contributed by atoms with van der Waals surface area (Å²) in [7, 11) is 0. The molecule has 0 fully saturated rings. The van der Waals surface area contributed by atoms with Crippen molar-refractivity contribution in [1.82, 2.24) is 14.5 Å². The Morgan fingerprint density at radius 2 is 2.00 bits per heavy atom. The molecule has 6 heteroatoms. The average Bonchev–Trinajstić information content (AvgIpc) is 2.29. The first-order valence-corrected chi connectivity index (χ1v) is 4.87. The molecule has 0 spiro atoms. The predicted octanol–water partition coefficient (Wildman–Crippen LogP) is 0.255. The predicted molar refractivity (Wildman–Crippen MR) is 59.0 cm³/mol. The topological polar surface area (TPSA) is 85.1 Å². The number of nitrogens with zero attached hydrogens (tertiary/aromatic N) is 3. The third kappa shape index (κ3) is 2.75. The number of carbonyl (C=O) groups is 1. The number of carboxylic acid groups (broad SMARTS) is 1. The molecule has 2 heterocycles. The van der Waals surface area contributed by atoms with Crippen LogP contribution in [0.15, 0.2) is 41.6 Å². The van der Waals surface area contributed by atoms with Gasteiger partial charge in [0.15, 0.2) is 5.43 Å². The lowest BCUT2D eigenvalue weighted by Crippen LogP contribution is -2.08. The number of hydrogen-bond donors (Lipinski definition) is 1. The Hall–Kier alpha value is -2.50. The van der Waals surface area contributed by atoms with Crippen LogP contribution in [0.1, 0.15) is 5.69 Å². The van der Waals surface area contributed by atoms with Crippen LogP contribution in [0.3, 0.4) is 0 Å². The van der Waals surface area contributed by atoms with Gasteiger partial charge in [-0.2, -0.15) is 0 Å². The number of pyridine rings is 1. The molecule has 0 aliphatic rings. The first-order chi connectivity index (χ1) is 8.15. The van der Waals surface area contributed by atoms with Crippen LogP contribution in [0.4, 0.5) is 0 Å². The van der Waals surface area contributed by atoms with Gasteiger partial charge in [-0.15, -0.1) is 0 Å². The second-order valence-corrected chi connectivity index (χ2v) is 3.36. The summed E-state index contributed by atoms with van der Waals surface area (Å²) < 4.78 is 1.55. The minimum absolute atomic E-state index is 0.108. The van der Waals surface area contributed by atoms with Crippen molar-refractivity contribution in [3.05, 3.63) is 52.7 Å². The van der Waals surface area contributed by atoms with Crippen LogP contribution >= 0.6 is 0 Å². The van der Waals surface area contributed by atoms with Crippen LogP contribution in [0.25, 0.3) is 5.95 Å². The first-order valence-electron chi connectivity index (χ1n) is 4.87. The normalized spacial score (nSPS) is 10.1. The van der Waals surface area contributed by atoms with E-state index in [0.29, 0.717) is 11.6 Å². The summed E-state index contributed by atoms with van der Waals surface area (Å²) in [6, 6.07) is 4.31. The Labute approximate surface area is 96.2 Å². The fourth-order valence-corrected chi connectivity index (χ4v) is 1.31. The maximum atomic E-state index is 10.9. The Kier molecular flexibility index (Phi) is 2.95. The van der Waals surface area contributed by atoms with Crippen molar-refractivity contribution in [1.29, 1.82) is 0 Å². The molecular weight excluding hydrogens is 222 g/mol. The van der Waals surface area contributed by atoms with Crippen molar-refractivity contribution in [2.24, 2.45) is 0 Å². The summed E-state index contributed by atoms with van der Waals surface area (Å²) >= 11 is 0. The molecule has 2 rings (SSSR count). The van der Waals surface area contributed by atoms with Crippen LogP contribution in [0.2, 0.25) is 0 Å². The molecule has 0 aliphatic carbocycles. The first kappa shape index (κ1) is 11.0. The fourth-order valence-electron chi connectivity index (χ4n) is 1.31. The molecule has 86 valence electrons. The highest BCUT2D eigenvalue weighted by Gasteiger charge is 2.04. The van der Waals surface area contributed by atoms with Gasteiger partial charge in [-0.3, -0.25) is 14.2 Å². The summed E-state index contributed by atoms with van der Waals surface area (Å²) in [6.07, 6.45) is 4.39. The molecule has 2 aromatic rings. The molecule has 17 heavy (non-hydrogen) atoms. The van der Waals surface area contributed by atoms with Crippen molar-refractivity contribution in [2.45, 2.75) is 6.42 Å². The number of hydrogen-bond acceptors (Lipinski definition) is 4. The molecule has 2 aromatic heterocycles. The van der Waals surface area contributed by atoms with Gasteiger partial charge in [-0.1, -0.05) is 0 Å². The summed E-state index contributed by atoms with van der Waals surface area (Å²) in [4.78, 5) is 29.6.